The Morgan fingerprint density at radius 1 is 1.36 bits per heavy atom. The van der Waals surface area contributed by atoms with Crippen LogP contribution in [0.1, 0.15) is 31.9 Å². The van der Waals surface area contributed by atoms with Crippen LogP contribution in [-0.4, -0.2) is 59.4 Å². The van der Waals surface area contributed by atoms with Gasteiger partial charge >= 0.3 is 0 Å². The highest BCUT2D eigenvalue weighted by Crippen LogP contribution is 2.13. The molecule has 142 valence electrons. The van der Waals surface area contributed by atoms with E-state index in [4.69, 9.17) is 4.74 Å². The Morgan fingerprint density at radius 3 is 2.80 bits per heavy atom. The van der Waals surface area contributed by atoms with Crippen molar-refractivity contribution in [2.75, 3.05) is 26.7 Å². The lowest BCUT2D eigenvalue weighted by molar-refractivity contribution is -0.119. The second-order valence-electron chi connectivity index (χ2n) is 5.59. The lowest BCUT2D eigenvalue weighted by Crippen LogP contribution is -2.47. The van der Waals surface area contributed by atoms with Crippen LogP contribution < -0.4 is 16.0 Å². The van der Waals surface area contributed by atoms with Crippen molar-refractivity contribution >= 4 is 35.8 Å². The zero-order valence-corrected chi connectivity index (χ0v) is 17.4. The smallest absolute Gasteiger partial charge is 0.241 e. The highest BCUT2D eigenvalue weighted by molar-refractivity contribution is 14.0. The molecule has 1 aromatic rings. The molecule has 0 radical (unpaired) electrons. The molecule has 25 heavy (non-hydrogen) atoms. The van der Waals surface area contributed by atoms with Crippen LogP contribution in [0.25, 0.3) is 0 Å². The Hall–Kier alpha value is -1.43. The van der Waals surface area contributed by atoms with E-state index in [1.54, 1.807) is 7.11 Å². The van der Waals surface area contributed by atoms with E-state index in [9.17, 15) is 4.79 Å². The highest BCUT2D eigenvalue weighted by Gasteiger charge is 2.22. The second-order valence-corrected chi connectivity index (χ2v) is 5.59. The average Bonchev–Trinajstić information content (AvgIpc) is 2.95. The first-order valence-electron chi connectivity index (χ1n) is 8.39. The standard InChI is InChI=1S/C15H27N7O2.HI/c1-4-16-14(23)8-18-15(17-5-2)19-11-6-7-13-20-12(10-24-3)21-22(13)9-11;/h11H,4-10H2,1-3H3,(H,16,23)(H2,17,18,19);1H. The molecule has 1 aliphatic heterocycles. The fourth-order valence-electron chi connectivity index (χ4n) is 2.59. The molecule has 0 saturated carbocycles. The number of aliphatic imine (C=N–C) groups is 1. The van der Waals surface area contributed by atoms with E-state index in [1.807, 2.05) is 18.5 Å². The second kappa shape index (κ2) is 11.2. The molecular formula is C15H28IN7O2. The van der Waals surface area contributed by atoms with Gasteiger partial charge in [-0.25, -0.2) is 14.7 Å². The predicted octanol–water partition coefficient (Wildman–Crippen LogP) is 0.0485. The Balaban J connectivity index is 0.00000312. The maximum Gasteiger partial charge on any atom is 0.241 e. The number of aromatic nitrogens is 3. The van der Waals surface area contributed by atoms with Gasteiger partial charge in [-0.2, -0.15) is 5.10 Å². The maximum atomic E-state index is 11.6. The van der Waals surface area contributed by atoms with Crippen LogP contribution in [0.15, 0.2) is 4.99 Å². The number of methoxy groups -OCH3 is 1. The quantitative estimate of drug-likeness (QED) is 0.299. The zero-order chi connectivity index (χ0) is 17.4. The maximum absolute atomic E-state index is 11.6. The highest BCUT2D eigenvalue weighted by atomic mass is 127. The number of ether oxygens (including phenoxy) is 1. The van der Waals surface area contributed by atoms with Crippen molar-refractivity contribution in [2.24, 2.45) is 4.99 Å². The molecule has 0 spiro atoms. The van der Waals surface area contributed by atoms with Gasteiger partial charge in [0.05, 0.1) is 6.54 Å². The number of carbonyl (C=O) groups excluding carboxylic acids is 1. The number of fused-ring (bicyclic) bond motifs is 1. The van der Waals surface area contributed by atoms with Crippen molar-refractivity contribution in [3.63, 3.8) is 0 Å². The topological polar surface area (TPSA) is 105 Å². The van der Waals surface area contributed by atoms with Crippen LogP contribution in [-0.2, 0) is 29.1 Å². The summed E-state index contributed by atoms with van der Waals surface area (Å²) in [7, 11) is 1.64. The lowest BCUT2D eigenvalue weighted by Gasteiger charge is -2.25. The van der Waals surface area contributed by atoms with Gasteiger partial charge in [0, 0.05) is 32.7 Å². The van der Waals surface area contributed by atoms with E-state index in [0.29, 0.717) is 24.9 Å². The Bertz CT molecular complexity index is 576. The predicted molar refractivity (Wildman–Crippen MR) is 106 cm³/mol. The minimum absolute atomic E-state index is 0. The normalized spacial score (nSPS) is 16.6. The number of nitrogens with zero attached hydrogens (tertiary/aromatic N) is 4. The molecule has 1 atom stereocenters. The number of rotatable bonds is 7. The van der Waals surface area contributed by atoms with Crippen molar-refractivity contribution in [2.45, 2.75) is 45.9 Å². The number of nitrogens with one attached hydrogen (secondary N) is 3. The molecule has 1 amide bonds. The molecule has 0 saturated heterocycles. The molecule has 1 aromatic heterocycles. The summed E-state index contributed by atoms with van der Waals surface area (Å²) < 4.78 is 7.00. The average molecular weight is 465 g/mol. The molecule has 1 aliphatic rings. The third kappa shape index (κ3) is 6.77. The largest absolute Gasteiger partial charge is 0.377 e. The third-order valence-electron chi connectivity index (χ3n) is 3.62. The molecule has 0 bridgehead atoms. The molecule has 2 heterocycles. The van der Waals surface area contributed by atoms with Crippen molar-refractivity contribution in [1.29, 1.82) is 0 Å². The minimum Gasteiger partial charge on any atom is -0.377 e. The molecule has 3 N–H and O–H groups in total. The van der Waals surface area contributed by atoms with Gasteiger partial charge in [0.1, 0.15) is 19.0 Å². The van der Waals surface area contributed by atoms with Gasteiger partial charge in [-0.15, -0.1) is 24.0 Å². The fraction of sp³-hybridized carbons (Fsp3) is 0.733. The summed E-state index contributed by atoms with van der Waals surface area (Å²) in [5.74, 6) is 2.27. The van der Waals surface area contributed by atoms with Crippen LogP contribution in [0.3, 0.4) is 0 Å². The van der Waals surface area contributed by atoms with E-state index >= 15 is 0 Å². The zero-order valence-electron chi connectivity index (χ0n) is 15.0. The van der Waals surface area contributed by atoms with Crippen LogP contribution in [0.5, 0.6) is 0 Å². The molecule has 0 aromatic carbocycles. The number of guanidine groups is 1. The van der Waals surface area contributed by atoms with Gasteiger partial charge in [-0.1, -0.05) is 0 Å². The Labute approximate surface area is 165 Å². The molecule has 9 nitrogen and oxygen atoms in total. The summed E-state index contributed by atoms with van der Waals surface area (Å²) >= 11 is 0. The van der Waals surface area contributed by atoms with Crippen LogP contribution >= 0.6 is 24.0 Å². The minimum atomic E-state index is -0.0823. The van der Waals surface area contributed by atoms with Gasteiger partial charge in [-0.05, 0) is 20.3 Å². The number of hydrogen-bond acceptors (Lipinski definition) is 5. The Kier molecular flexibility index (Phi) is 9.71. The van der Waals surface area contributed by atoms with Crippen molar-refractivity contribution in [3.8, 4) is 0 Å². The number of carbonyl (C=O) groups is 1. The van der Waals surface area contributed by atoms with E-state index < -0.39 is 0 Å². The summed E-state index contributed by atoms with van der Waals surface area (Å²) in [4.78, 5) is 20.4. The molecule has 0 fully saturated rings. The molecule has 1 unspecified atom stereocenters. The first-order chi connectivity index (χ1) is 11.7. The number of halogens is 1. The van der Waals surface area contributed by atoms with Crippen molar-refractivity contribution in [3.05, 3.63) is 11.6 Å². The number of likely N-dealkylation sites (N-methyl/N-ethyl adjacent to an activating group) is 1. The summed E-state index contributed by atoms with van der Waals surface area (Å²) in [5, 5.41) is 13.7. The summed E-state index contributed by atoms with van der Waals surface area (Å²) in [5.41, 5.74) is 0. The van der Waals surface area contributed by atoms with E-state index in [1.165, 1.54) is 0 Å². The van der Waals surface area contributed by atoms with Gasteiger partial charge in [0.15, 0.2) is 11.8 Å². The first kappa shape index (κ1) is 21.6. The third-order valence-corrected chi connectivity index (χ3v) is 3.62. The fourth-order valence-corrected chi connectivity index (χ4v) is 2.59. The van der Waals surface area contributed by atoms with Gasteiger partial charge in [0.2, 0.25) is 5.91 Å². The van der Waals surface area contributed by atoms with Crippen LogP contribution in [0.4, 0.5) is 0 Å². The summed E-state index contributed by atoms with van der Waals surface area (Å²) in [6, 6.07) is 0.196. The monoisotopic (exact) mass is 465 g/mol. The number of aryl methyl sites for hydroxylation is 1. The van der Waals surface area contributed by atoms with Crippen molar-refractivity contribution < 1.29 is 9.53 Å². The molecular weight excluding hydrogens is 437 g/mol. The van der Waals surface area contributed by atoms with E-state index in [2.05, 4.69) is 31.0 Å². The number of amides is 1. The summed E-state index contributed by atoms with van der Waals surface area (Å²) in [6.45, 7) is 6.49. The van der Waals surface area contributed by atoms with Gasteiger partial charge in [0.25, 0.3) is 0 Å². The van der Waals surface area contributed by atoms with Crippen molar-refractivity contribution in [1.82, 2.24) is 30.7 Å². The van der Waals surface area contributed by atoms with Gasteiger partial charge < -0.3 is 20.7 Å². The molecule has 2 rings (SSSR count). The summed E-state index contributed by atoms with van der Waals surface area (Å²) in [6.07, 6.45) is 1.79. The van der Waals surface area contributed by atoms with Gasteiger partial charge in [-0.3, -0.25) is 4.79 Å². The number of hydrogen-bond donors (Lipinski definition) is 3. The van der Waals surface area contributed by atoms with E-state index in [-0.39, 0.29) is 42.5 Å². The van der Waals surface area contributed by atoms with Crippen LogP contribution in [0.2, 0.25) is 0 Å². The van der Waals surface area contributed by atoms with Crippen LogP contribution in [0, 0.1) is 0 Å². The van der Waals surface area contributed by atoms with E-state index in [0.717, 1.165) is 31.8 Å². The molecule has 0 aliphatic carbocycles. The SMILES string of the molecule is CCNC(=O)CN=C(NCC)NC1CCc2nc(COC)nn2C1.I. The lowest BCUT2D eigenvalue weighted by atomic mass is 10.1. The Morgan fingerprint density at radius 2 is 2.12 bits per heavy atom. The molecule has 10 heteroatoms. The first-order valence-corrected chi connectivity index (χ1v) is 8.39.